The number of benzene rings is 1. The van der Waals surface area contributed by atoms with Crippen LogP contribution in [0.4, 0.5) is 0 Å². The lowest BCUT2D eigenvalue weighted by atomic mass is 10.1. The first-order valence-electron chi connectivity index (χ1n) is 5.57. The Morgan fingerprint density at radius 2 is 2.06 bits per heavy atom. The van der Waals surface area contributed by atoms with Gasteiger partial charge in [0.25, 0.3) is 0 Å². The molecule has 2 N–H and O–H groups in total. The van der Waals surface area contributed by atoms with E-state index in [9.17, 15) is 5.11 Å². The minimum absolute atomic E-state index is 0.422. The topological polar surface area (TPSA) is 58.1 Å². The predicted octanol–water partition coefficient (Wildman–Crippen LogP) is 1.56. The number of aromatic nitrogens is 2. The number of aromatic amines is 1. The second-order valence-electron chi connectivity index (χ2n) is 3.95. The Morgan fingerprint density at radius 1 is 1.29 bits per heavy atom. The van der Waals surface area contributed by atoms with Gasteiger partial charge in [0.05, 0.1) is 13.2 Å². The lowest BCUT2D eigenvalue weighted by Gasteiger charge is -2.09. The molecule has 4 nitrogen and oxygen atoms in total. The maximum Gasteiger partial charge on any atom is 0.118 e. The number of rotatable bonds is 5. The molecule has 1 aromatic carbocycles. The van der Waals surface area contributed by atoms with Crippen LogP contribution in [0.1, 0.15) is 11.4 Å². The van der Waals surface area contributed by atoms with E-state index in [0.717, 1.165) is 17.1 Å². The Bertz CT molecular complexity index is 437. The van der Waals surface area contributed by atoms with Gasteiger partial charge in [-0.15, -0.1) is 0 Å². The highest BCUT2D eigenvalue weighted by atomic mass is 16.5. The monoisotopic (exact) mass is 232 g/mol. The van der Waals surface area contributed by atoms with Gasteiger partial charge in [0.1, 0.15) is 11.6 Å². The molecule has 4 heteroatoms. The first-order chi connectivity index (χ1) is 8.28. The van der Waals surface area contributed by atoms with Crippen molar-refractivity contribution in [3.8, 4) is 5.75 Å². The number of methoxy groups -OCH3 is 1. The van der Waals surface area contributed by atoms with Crippen LogP contribution in [0.3, 0.4) is 0 Å². The zero-order valence-electron chi connectivity index (χ0n) is 9.76. The number of H-pyrrole nitrogens is 1. The summed E-state index contributed by atoms with van der Waals surface area (Å²) in [6.45, 7) is 0. The summed E-state index contributed by atoms with van der Waals surface area (Å²) in [7, 11) is 1.64. The molecule has 1 heterocycles. The van der Waals surface area contributed by atoms with Crippen molar-refractivity contribution in [1.29, 1.82) is 0 Å². The minimum Gasteiger partial charge on any atom is -0.497 e. The molecule has 2 aromatic rings. The number of hydrogen-bond acceptors (Lipinski definition) is 3. The number of nitrogens with zero attached hydrogens (tertiary/aromatic N) is 1. The van der Waals surface area contributed by atoms with Crippen LogP contribution in [-0.2, 0) is 12.8 Å². The number of imidazole rings is 1. The maximum atomic E-state index is 9.91. The minimum atomic E-state index is -0.422. The molecule has 0 saturated carbocycles. The Balaban J connectivity index is 1.91. The SMILES string of the molecule is COc1ccc(CC(O)Cc2ncc[nH]2)cc1. The van der Waals surface area contributed by atoms with Gasteiger partial charge in [0, 0.05) is 18.8 Å². The average molecular weight is 232 g/mol. The largest absolute Gasteiger partial charge is 0.497 e. The van der Waals surface area contributed by atoms with Gasteiger partial charge in [-0.3, -0.25) is 0 Å². The summed E-state index contributed by atoms with van der Waals surface area (Å²) in [5.41, 5.74) is 1.09. The van der Waals surface area contributed by atoms with E-state index in [1.54, 1.807) is 19.5 Å². The van der Waals surface area contributed by atoms with Crippen molar-refractivity contribution in [1.82, 2.24) is 9.97 Å². The Morgan fingerprint density at radius 3 is 2.65 bits per heavy atom. The van der Waals surface area contributed by atoms with Gasteiger partial charge in [0.15, 0.2) is 0 Å². The molecule has 0 amide bonds. The summed E-state index contributed by atoms with van der Waals surface area (Å²) >= 11 is 0. The van der Waals surface area contributed by atoms with Crippen LogP contribution in [0, 0.1) is 0 Å². The standard InChI is InChI=1S/C13H16N2O2/c1-17-12-4-2-10(3-5-12)8-11(16)9-13-14-6-7-15-13/h2-7,11,16H,8-9H2,1H3,(H,14,15). The zero-order valence-corrected chi connectivity index (χ0v) is 9.76. The number of nitrogens with one attached hydrogen (secondary N) is 1. The van der Waals surface area contributed by atoms with Crippen LogP contribution in [0.5, 0.6) is 5.75 Å². The van der Waals surface area contributed by atoms with Gasteiger partial charge in [-0.05, 0) is 24.1 Å². The molecule has 0 bridgehead atoms. The molecule has 0 aliphatic heterocycles. The van der Waals surface area contributed by atoms with E-state index >= 15 is 0 Å². The van der Waals surface area contributed by atoms with Gasteiger partial charge in [-0.2, -0.15) is 0 Å². The summed E-state index contributed by atoms with van der Waals surface area (Å²) in [6, 6.07) is 7.72. The van der Waals surface area contributed by atoms with E-state index in [4.69, 9.17) is 4.74 Å². The molecule has 0 saturated heterocycles. The summed E-state index contributed by atoms with van der Waals surface area (Å²) < 4.78 is 5.08. The molecule has 0 spiro atoms. The molecular formula is C13H16N2O2. The summed E-state index contributed by atoms with van der Waals surface area (Å²) in [4.78, 5) is 7.07. The first kappa shape index (κ1) is 11.7. The van der Waals surface area contributed by atoms with Gasteiger partial charge in [0.2, 0.25) is 0 Å². The van der Waals surface area contributed by atoms with E-state index < -0.39 is 6.10 Å². The molecule has 1 unspecified atom stereocenters. The number of aliphatic hydroxyl groups is 1. The Labute approximate surface area is 100 Å². The third kappa shape index (κ3) is 3.32. The highest BCUT2D eigenvalue weighted by molar-refractivity contribution is 5.27. The van der Waals surface area contributed by atoms with Crippen molar-refractivity contribution in [2.45, 2.75) is 18.9 Å². The molecule has 0 aliphatic carbocycles. The molecule has 0 fully saturated rings. The Kier molecular flexibility index (Phi) is 3.77. The fourth-order valence-corrected chi connectivity index (χ4v) is 1.74. The third-order valence-electron chi connectivity index (χ3n) is 2.61. The maximum absolute atomic E-state index is 9.91. The fourth-order valence-electron chi connectivity index (χ4n) is 1.74. The quantitative estimate of drug-likeness (QED) is 0.822. The van der Waals surface area contributed by atoms with Crippen molar-refractivity contribution in [2.75, 3.05) is 7.11 Å². The highest BCUT2D eigenvalue weighted by Crippen LogP contribution is 2.13. The van der Waals surface area contributed by atoms with Crippen LogP contribution >= 0.6 is 0 Å². The van der Waals surface area contributed by atoms with Crippen LogP contribution in [-0.4, -0.2) is 28.3 Å². The number of aliphatic hydroxyl groups excluding tert-OH is 1. The molecule has 0 aliphatic rings. The molecule has 2 rings (SSSR count). The summed E-state index contributed by atoms with van der Waals surface area (Å²) in [6.07, 6.45) is 4.18. The third-order valence-corrected chi connectivity index (χ3v) is 2.61. The fraction of sp³-hybridized carbons (Fsp3) is 0.308. The second-order valence-corrected chi connectivity index (χ2v) is 3.95. The number of hydrogen-bond donors (Lipinski definition) is 2. The van der Waals surface area contributed by atoms with Gasteiger partial charge >= 0.3 is 0 Å². The van der Waals surface area contributed by atoms with Crippen LogP contribution < -0.4 is 4.74 Å². The van der Waals surface area contributed by atoms with E-state index in [2.05, 4.69) is 9.97 Å². The van der Waals surface area contributed by atoms with E-state index in [0.29, 0.717) is 12.8 Å². The van der Waals surface area contributed by atoms with Crippen LogP contribution in [0.2, 0.25) is 0 Å². The lowest BCUT2D eigenvalue weighted by molar-refractivity contribution is 0.173. The van der Waals surface area contributed by atoms with Crippen molar-refractivity contribution >= 4 is 0 Å². The first-order valence-corrected chi connectivity index (χ1v) is 5.57. The van der Waals surface area contributed by atoms with E-state index in [1.807, 2.05) is 24.3 Å². The van der Waals surface area contributed by atoms with Crippen molar-refractivity contribution in [2.24, 2.45) is 0 Å². The lowest BCUT2D eigenvalue weighted by Crippen LogP contribution is -2.14. The van der Waals surface area contributed by atoms with E-state index in [1.165, 1.54) is 0 Å². The average Bonchev–Trinajstić information content (AvgIpc) is 2.82. The highest BCUT2D eigenvalue weighted by Gasteiger charge is 2.08. The number of ether oxygens (including phenoxy) is 1. The molecule has 90 valence electrons. The zero-order chi connectivity index (χ0) is 12.1. The summed E-state index contributed by atoms with van der Waals surface area (Å²) in [5.74, 6) is 1.64. The smallest absolute Gasteiger partial charge is 0.118 e. The van der Waals surface area contributed by atoms with E-state index in [-0.39, 0.29) is 0 Å². The molecule has 1 aromatic heterocycles. The van der Waals surface area contributed by atoms with Crippen molar-refractivity contribution in [3.05, 3.63) is 48.0 Å². The molecule has 0 radical (unpaired) electrons. The van der Waals surface area contributed by atoms with Gasteiger partial charge in [-0.1, -0.05) is 12.1 Å². The van der Waals surface area contributed by atoms with Gasteiger partial charge < -0.3 is 14.8 Å². The second kappa shape index (κ2) is 5.50. The molecule has 17 heavy (non-hydrogen) atoms. The molecular weight excluding hydrogens is 216 g/mol. The van der Waals surface area contributed by atoms with Crippen molar-refractivity contribution in [3.63, 3.8) is 0 Å². The van der Waals surface area contributed by atoms with Crippen LogP contribution in [0.25, 0.3) is 0 Å². The normalized spacial score (nSPS) is 12.4. The Hall–Kier alpha value is -1.81. The van der Waals surface area contributed by atoms with Crippen LogP contribution in [0.15, 0.2) is 36.7 Å². The van der Waals surface area contributed by atoms with Gasteiger partial charge in [-0.25, -0.2) is 4.98 Å². The molecule has 1 atom stereocenters. The van der Waals surface area contributed by atoms with Crippen molar-refractivity contribution < 1.29 is 9.84 Å². The summed E-state index contributed by atoms with van der Waals surface area (Å²) in [5, 5.41) is 9.91. The predicted molar refractivity (Wildman–Crippen MR) is 65.0 cm³/mol.